The first kappa shape index (κ1) is 28.4. The number of halogens is 1. The quantitative estimate of drug-likeness (QED) is 0.435. The van der Waals surface area contributed by atoms with Crippen LogP contribution in [0.5, 0.6) is 5.75 Å². The lowest BCUT2D eigenvalue weighted by atomic mass is 10.0. The lowest BCUT2D eigenvalue weighted by Crippen LogP contribution is -2.34. The van der Waals surface area contributed by atoms with Crippen molar-refractivity contribution in [1.82, 2.24) is 19.7 Å². The van der Waals surface area contributed by atoms with Gasteiger partial charge in [-0.25, -0.2) is 19.0 Å². The lowest BCUT2D eigenvalue weighted by Gasteiger charge is -2.25. The molecule has 0 radical (unpaired) electrons. The highest BCUT2D eigenvalue weighted by Gasteiger charge is 2.25. The van der Waals surface area contributed by atoms with Gasteiger partial charge in [0, 0.05) is 37.0 Å². The lowest BCUT2D eigenvalue weighted by molar-refractivity contribution is 0.0281. The first-order valence-corrected chi connectivity index (χ1v) is 12.0. The van der Waals surface area contributed by atoms with Gasteiger partial charge in [0.15, 0.2) is 11.6 Å². The van der Waals surface area contributed by atoms with Crippen molar-refractivity contribution in [1.29, 1.82) is 0 Å². The number of aryl methyl sites for hydroxylation is 2. The number of benzene rings is 1. The van der Waals surface area contributed by atoms with Gasteiger partial charge in [0.2, 0.25) is 0 Å². The summed E-state index contributed by atoms with van der Waals surface area (Å²) in [7, 11) is 4.67. The normalized spacial score (nSPS) is 12.1. The highest BCUT2D eigenvalue weighted by molar-refractivity contribution is 5.91. The summed E-state index contributed by atoms with van der Waals surface area (Å²) in [6.07, 6.45) is 0.458. The van der Waals surface area contributed by atoms with E-state index in [2.05, 4.69) is 10.1 Å². The fourth-order valence-electron chi connectivity index (χ4n) is 4.00. The molecule has 204 valence electrons. The van der Waals surface area contributed by atoms with Crippen LogP contribution in [0.25, 0.3) is 11.1 Å². The largest absolute Gasteiger partial charge is 0.482 e. The third-order valence-electron chi connectivity index (χ3n) is 5.77. The van der Waals surface area contributed by atoms with Gasteiger partial charge < -0.3 is 24.8 Å². The first-order valence-electron chi connectivity index (χ1n) is 12.0. The number of anilines is 1. The Morgan fingerprint density at radius 3 is 2.55 bits per heavy atom. The minimum absolute atomic E-state index is 0.0539. The molecule has 2 heterocycles. The van der Waals surface area contributed by atoms with E-state index in [1.807, 2.05) is 6.92 Å². The number of ether oxygens (including phenoxy) is 3. The molecule has 1 aromatic carbocycles. The van der Waals surface area contributed by atoms with E-state index in [9.17, 15) is 14.0 Å². The maximum atomic E-state index is 13.8. The molecule has 10 nitrogen and oxygen atoms in total. The van der Waals surface area contributed by atoms with Crippen molar-refractivity contribution in [2.45, 2.75) is 52.9 Å². The van der Waals surface area contributed by atoms with Gasteiger partial charge in [-0.05, 0) is 52.8 Å². The van der Waals surface area contributed by atoms with E-state index in [1.165, 1.54) is 24.1 Å². The van der Waals surface area contributed by atoms with Crippen LogP contribution in [0.3, 0.4) is 0 Å². The predicted molar refractivity (Wildman–Crippen MR) is 140 cm³/mol. The number of rotatable bonds is 7. The van der Waals surface area contributed by atoms with Crippen LogP contribution >= 0.6 is 0 Å². The highest BCUT2D eigenvalue weighted by atomic mass is 19.1. The van der Waals surface area contributed by atoms with Crippen LogP contribution in [0.2, 0.25) is 0 Å². The summed E-state index contributed by atoms with van der Waals surface area (Å²) in [6, 6.07) is 5.54. The Morgan fingerprint density at radius 2 is 1.92 bits per heavy atom. The van der Waals surface area contributed by atoms with Crippen LogP contribution in [0.15, 0.2) is 30.5 Å². The fraction of sp³-hybridized carbons (Fsp3) is 0.407. The van der Waals surface area contributed by atoms with Gasteiger partial charge in [-0.2, -0.15) is 5.10 Å². The molecule has 38 heavy (non-hydrogen) atoms. The number of carbonyl (C=O) groups is 2. The topological polar surface area (TPSA) is 122 Å². The minimum atomic E-state index is -0.684. The number of hydrogen-bond acceptors (Lipinski definition) is 8. The molecule has 0 aliphatic heterocycles. The molecule has 11 heteroatoms. The molecule has 0 saturated carbocycles. The summed E-state index contributed by atoms with van der Waals surface area (Å²) in [4.78, 5) is 30.6. The highest BCUT2D eigenvalue weighted by Crippen LogP contribution is 2.35. The zero-order valence-corrected chi connectivity index (χ0v) is 23.0. The molecule has 2 N–H and O–H groups in total. The Kier molecular flexibility index (Phi) is 8.28. The van der Waals surface area contributed by atoms with E-state index >= 15 is 0 Å². The number of pyridine rings is 1. The van der Waals surface area contributed by atoms with Gasteiger partial charge in [-0.1, -0.05) is 6.07 Å². The Hall–Kier alpha value is -4.15. The molecule has 0 saturated heterocycles. The summed E-state index contributed by atoms with van der Waals surface area (Å²) < 4.78 is 31.9. The maximum absolute atomic E-state index is 13.8. The molecule has 0 spiro atoms. The molecule has 0 aliphatic carbocycles. The van der Waals surface area contributed by atoms with Gasteiger partial charge in [0.05, 0.1) is 30.6 Å². The van der Waals surface area contributed by atoms with Gasteiger partial charge in [0.1, 0.15) is 17.5 Å². The molecule has 0 aliphatic rings. The van der Waals surface area contributed by atoms with E-state index in [1.54, 1.807) is 58.7 Å². The van der Waals surface area contributed by atoms with Crippen molar-refractivity contribution < 1.29 is 28.2 Å². The van der Waals surface area contributed by atoms with E-state index in [0.29, 0.717) is 11.1 Å². The third kappa shape index (κ3) is 6.39. The smallest absolute Gasteiger partial charge is 0.410 e. The van der Waals surface area contributed by atoms with Gasteiger partial charge in [0.25, 0.3) is 0 Å². The van der Waals surface area contributed by atoms with Crippen LogP contribution in [0.1, 0.15) is 61.1 Å². The zero-order valence-electron chi connectivity index (χ0n) is 23.0. The number of nitrogen functional groups attached to an aromatic ring is 1. The average molecular weight is 528 g/mol. The SMILES string of the molecule is COC(=O)c1cc(F)ccc1C(C)Oc1cc(-c2c(C)nn(C)c2CN(C)C(=O)OC(C)(C)C)cnc1N. The van der Waals surface area contributed by atoms with Crippen molar-refractivity contribution >= 4 is 17.9 Å². The van der Waals surface area contributed by atoms with Crippen molar-refractivity contribution in [2.75, 3.05) is 19.9 Å². The molecule has 0 bridgehead atoms. The summed E-state index contributed by atoms with van der Waals surface area (Å²) in [6.45, 7) is 9.22. The monoisotopic (exact) mass is 527 g/mol. The van der Waals surface area contributed by atoms with Gasteiger partial charge in [-0.3, -0.25) is 4.68 Å². The predicted octanol–water partition coefficient (Wildman–Crippen LogP) is 4.81. The zero-order chi connectivity index (χ0) is 28.4. The Labute approximate surface area is 221 Å². The number of carbonyl (C=O) groups excluding carboxylic acids is 2. The van der Waals surface area contributed by atoms with E-state index < -0.39 is 29.6 Å². The molecular weight excluding hydrogens is 493 g/mol. The van der Waals surface area contributed by atoms with Crippen molar-refractivity contribution in [3.05, 3.63) is 58.8 Å². The number of nitrogens with two attached hydrogens (primary N) is 1. The molecule has 0 fully saturated rings. The van der Waals surface area contributed by atoms with Crippen LogP contribution in [0, 0.1) is 12.7 Å². The van der Waals surface area contributed by atoms with Crippen LogP contribution < -0.4 is 10.5 Å². The average Bonchev–Trinajstić information content (AvgIpc) is 3.11. The Bertz CT molecular complexity index is 1350. The number of methoxy groups -OCH3 is 1. The molecule has 1 amide bonds. The van der Waals surface area contributed by atoms with E-state index in [0.717, 1.165) is 23.0 Å². The Morgan fingerprint density at radius 1 is 1.24 bits per heavy atom. The second kappa shape index (κ2) is 11.1. The minimum Gasteiger partial charge on any atom is -0.482 e. The Balaban J connectivity index is 1.95. The second-order valence-electron chi connectivity index (χ2n) is 9.96. The van der Waals surface area contributed by atoms with Crippen LogP contribution in [0.4, 0.5) is 15.0 Å². The summed E-state index contributed by atoms with van der Waals surface area (Å²) in [5.74, 6) is -0.846. The number of aromatic nitrogens is 3. The van der Waals surface area contributed by atoms with E-state index in [4.69, 9.17) is 19.9 Å². The standard InChI is InChI=1S/C27H34FN5O5/c1-15-23(21(33(7)31-15)14-32(6)26(35)38-27(3,4)5)17-11-22(24(29)30-13-17)37-16(2)19-10-9-18(28)12-20(19)25(34)36-8/h9-13,16H,14H2,1-8H3,(H2,29,30). The molecule has 1 atom stereocenters. The third-order valence-corrected chi connectivity index (χ3v) is 5.77. The number of hydrogen-bond donors (Lipinski definition) is 1. The van der Waals surface area contributed by atoms with Crippen LogP contribution in [-0.2, 0) is 23.1 Å². The maximum Gasteiger partial charge on any atom is 0.410 e. The first-order chi connectivity index (χ1) is 17.7. The summed E-state index contributed by atoms with van der Waals surface area (Å²) in [5, 5.41) is 4.53. The summed E-state index contributed by atoms with van der Waals surface area (Å²) >= 11 is 0. The van der Waals surface area contributed by atoms with Gasteiger partial charge in [-0.15, -0.1) is 0 Å². The van der Waals surface area contributed by atoms with E-state index in [-0.39, 0.29) is 23.7 Å². The van der Waals surface area contributed by atoms with Crippen molar-refractivity contribution in [2.24, 2.45) is 7.05 Å². The second-order valence-corrected chi connectivity index (χ2v) is 9.96. The van der Waals surface area contributed by atoms with Crippen LogP contribution in [-0.4, -0.2) is 51.5 Å². The van der Waals surface area contributed by atoms with Crippen molar-refractivity contribution in [3.63, 3.8) is 0 Å². The molecular formula is C27H34FN5O5. The molecule has 3 aromatic rings. The number of nitrogens with zero attached hydrogens (tertiary/aromatic N) is 4. The molecule has 2 aromatic heterocycles. The molecule has 3 rings (SSSR count). The number of esters is 1. The van der Waals surface area contributed by atoms with Gasteiger partial charge >= 0.3 is 12.1 Å². The molecule has 1 unspecified atom stereocenters. The summed E-state index contributed by atoms with van der Waals surface area (Å²) in [5.41, 5.74) is 8.90. The fourth-order valence-corrected chi connectivity index (χ4v) is 4.00. The van der Waals surface area contributed by atoms with Crippen molar-refractivity contribution in [3.8, 4) is 16.9 Å². The number of amides is 1.